The molecule has 0 atom stereocenters. The Kier molecular flexibility index (Phi) is 15.0. The summed E-state index contributed by atoms with van der Waals surface area (Å²) >= 11 is 0. The molecular weight excluding hydrogens is 274 g/mol. The molecule has 0 unspecified atom stereocenters. The van der Waals surface area contributed by atoms with Crippen LogP contribution in [0.15, 0.2) is 30.3 Å². The maximum atomic E-state index is 10.4. The van der Waals surface area contributed by atoms with Crippen LogP contribution in [0, 0.1) is 0 Å². The van der Waals surface area contributed by atoms with Gasteiger partial charge in [-0.1, -0.05) is 82.9 Å². The topological polar surface area (TPSA) is 63.0 Å². The van der Waals surface area contributed by atoms with E-state index in [1.54, 1.807) is 24.3 Å². The first-order chi connectivity index (χ1) is 10.7. The first-order valence-electron chi connectivity index (χ1n) is 8.65. The second kappa shape index (κ2) is 16.0. The average Bonchev–Trinajstić information content (AvgIpc) is 2.55. The van der Waals surface area contributed by atoms with Gasteiger partial charge in [-0.15, -0.1) is 0 Å². The van der Waals surface area contributed by atoms with Crippen LogP contribution in [-0.2, 0) is 5.11 Å². The van der Waals surface area contributed by atoms with Gasteiger partial charge in [-0.05, 0) is 18.6 Å². The highest BCUT2D eigenvalue weighted by Crippen LogP contribution is 2.10. The van der Waals surface area contributed by atoms with Gasteiger partial charge in [-0.25, -0.2) is 5.11 Å². The van der Waals surface area contributed by atoms with Crippen molar-refractivity contribution in [3.8, 4) is 0 Å². The van der Waals surface area contributed by atoms with E-state index in [0.717, 1.165) is 12.8 Å². The number of hydrogen-bond donors (Lipinski definition) is 1. The quantitative estimate of drug-likeness (QED) is 0.566. The highest BCUT2D eigenvalue weighted by atomic mass is 16.2. The minimum absolute atomic E-state index is 0.122. The predicted molar refractivity (Wildman–Crippen MR) is 92.4 cm³/mol. The molecule has 0 heterocycles. The summed E-state index contributed by atoms with van der Waals surface area (Å²) in [4.78, 5) is 10.4. The van der Waals surface area contributed by atoms with Crippen LogP contribution < -0.4 is 5.73 Å². The molecule has 0 bridgehead atoms. The molecule has 125 valence electrons. The molecule has 0 aliphatic carbocycles. The number of hydrogen-bond acceptors (Lipinski definition) is 1. The molecule has 3 nitrogen and oxygen atoms in total. The van der Waals surface area contributed by atoms with Crippen molar-refractivity contribution in [2.45, 2.75) is 71.1 Å². The third-order valence-electron chi connectivity index (χ3n) is 3.56. The van der Waals surface area contributed by atoms with Gasteiger partial charge in [-0.2, -0.15) is 0 Å². The molecule has 1 amide bonds. The molecule has 0 aliphatic heterocycles. The number of nitrogens with two attached hydrogens (primary N) is 1. The summed E-state index contributed by atoms with van der Waals surface area (Å²) in [6.07, 6.45) is 13.0. The number of unbranched alkanes of at least 4 members (excludes halogenated alkanes) is 9. The lowest BCUT2D eigenvalue weighted by Crippen LogP contribution is -2.09. The van der Waals surface area contributed by atoms with Crippen molar-refractivity contribution in [1.82, 2.24) is 0 Å². The van der Waals surface area contributed by atoms with Gasteiger partial charge in [0.2, 0.25) is 5.91 Å². The van der Waals surface area contributed by atoms with E-state index < -0.39 is 0 Å². The van der Waals surface area contributed by atoms with Gasteiger partial charge in [0.25, 0.3) is 0 Å². The van der Waals surface area contributed by atoms with E-state index in [1.807, 2.05) is 6.07 Å². The molecule has 1 radical (unpaired) electrons. The van der Waals surface area contributed by atoms with Crippen molar-refractivity contribution in [3.05, 3.63) is 35.9 Å². The minimum atomic E-state index is -0.379. The Morgan fingerprint density at radius 3 is 1.64 bits per heavy atom. The fourth-order valence-corrected chi connectivity index (χ4v) is 2.19. The lowest BCUT2D eigenvalue weighted by Gasteiger charge is -2.00. The summed E-state index contributed by atoms with van der Waals surface area (Å²) in [5, 5.41) is 10.1. The molecular formula is C19H32NO2. The molecule has 3 heteroatoms. The molecule has 0 fully saturated rings. The molecule has 0 spiro atoms. The van der Waals surface area contributed by atoms with E-state index in [9.17, 15) is 9.90 Å². The first kappa shape index (κ1) is 20.6. The molecule has 2 N–H and O–H groups in total. The standard InChI is InChI=1S/C12H25O.C7H7NO/c1-2-3-4-5-6-7-8-9-10-11-12-13;8-7(9)6-4-2-1-3-5-6/h2-12H2,1H3;1-5H,(H2,8,9). The largest absolute Gasteiger partial charge is 0.366 e. The van der Waals surface area contributed by atoms with Gasteiger partial charge >= 0.3 is 0 Å². The zero-order chi connectivity index (χ0) is 16.5. The van der Waals surface area contributed by atoms with Crippen LogP contribution in [-0.4, -0.2) is 12.5 Å². The SMILES string of the molecule is CCCCCCCCCCCC[O].NC(=O)c1ccccc1. The monoisotopic (exact) mass is 306 g/mol. The molecule has 0 saturated heterocycles. The normalized spacial score (nSPS) is 9.91. The van der Waals surface area contributed by atoms with Crippen LogP contribution in [0.25, 0.3) is 0 Å². The number of benzene rings is 1. The smallest absolute Gasteiger partial charge is 0.248 e. The third-order valence-corrected chi connectivity index (χ3v) is 3.56. The number of rotatable bonds is 11. The Morgan fingerprint density at radius 1 is 0.818 bits per heavy atom. The number of primary amides is 1. The van der Waals surface area contributed by atoms with Gasteiger partial charge in [0.1, 0.15) is 0 Å². The van der Waals surface area contributed by atoms with Crippen molar-refractivity contribution in [2.75, 3.05) is 6.61 Å². The van der Waals surface area contributed by atoms with Gasteiger partial charge in [0, 0.05) is 5.56 Å². The Morgan fingerprint density at radius 2 is 1.27 bits per heavy atom. The summed E-state index contributed by atoms with van der Waals surface area (Å²) in [7, 11) is 0. The van der Waals surface area contributed by atoms with Crippen molar-refractivity contribution in [3.63, 3.8) is 0 Å². The number of carbonyl (C=O) groups is 1. The summed E-state index contributed by atoms with van der Waals surface area (Å²) in [5.74, 6) is -0.379. The van der Waals surface area contributed by atoms with E-state index in [2.05, 4.69) is 6.92 Å². The summed E-state index contributed by atoms with van der Waals surface area (Å²) in [5.41, 5.74) is 5.53. The molecule has 1 aromatic carbocycles. The van der Waals surface area contributed by atoms with Crippen molar-refractivity contribution < 1.29 is 9.90 Å². The van der Waals surface area contributed by atoms with Gasteiger partial charge in [-0.3, -0.25) is 4.79 Å². The highest BCUT2D eigenvalue weighted by molar-refractivity contribution is 5.92. The maximum absolute atomic E-state index is 10.4. The first-order valence-corrected chi connectivity index (χ1v) is 8.65. The lowest BCUT2D eigenvalue weighted by molar-refractivity contribution is 0.100. The van der Waals surface area contributed by atoms with Crippen LogP contribution in [0.1, 0.15) is 81.5 Å². The lowest BCUT2D eigenvalue weighted by atomic mass is 10.1. The Labute approximate surface area is 135 Å². The highest BCUT2D eigenvalue weighted by Gasteiger charge is 1.94. The minimum Gasteiger partial charge on any atom is -0.366 e. The van der Waals surface area contributed by atoms with Gasteiger partial charge in [0.05, 0.1) is 6.61 Å². The maximum Gasteiger partial charge on any atom is 0.248 e. The molecule has 0 saturated carbocycles. The molecule has 1 aromatic rings. The third kappa shape index (κ3) is 13.6. The van der Waals surface area contributed by atoms with Crippen LogP contribution in [0.5, 0.6) is 0 Å². The molecule has 22 heavy (non-hydrogen) atoms. The van der Waals surface area contributed by atoms with Gasteiger partial charge < -0.3 is 5.73 Å². The average molecular weight is 306 g/mol. The van der Waals surface area contributed by atoms with Crippen molar-refractivity contribution in [2.24, 2.45) is 5.73 Å². The fraction of sp³-hybridized carbons (Fsp3) is 0.632. The van der Waals surface area contributed by atoms with Crippen LogP contribution in [0.2, 0.25) is 0 Å². The molecule has 0 aromatic heterocycles. The van der Waals surface area contributed by atoms with Crippen LogP contribution in [0.3, 0.4) is 0 Å². The summed E-state index contributed by atoms with van der Waals surface area (Å²) in [6, 6.07) is 8.76. The second-order valence-corrected chi connectivity index (χ2v) is 5.62. The van der Waals surface area contributed by atoms with E-state index in [-0.39, 0.29) is 12.5 Å². The van der Waals surface area contributed by atoms with Crippen molar-refractivity contribution >= 4 is 5.91 Å². The van der Waals surface area contributed by atoms with Crippen LogP contribution in [0.4, 0.5) is 0 Å². The number of carbonyl (C=O) groups excluding carboxylic acids is 1. The fourth-order valence-electron chi connectivity index (χ4n) is 2.19. The molecule has 1 rings (SSSR count). The zero-order valence-corrected chi connectivity index (χ0v) is 14.1. The Hall–Kier alpha value is -1.35. The Balaban J connectivity index is 0.000000425. The predicted octanol–water partition coefficient (Wildman–Crippen LogP) is 5.12. The second-order valence-electron chi connectivity index (χ2n) is 5.62. The molecule has 0 aliphatic rings. The van der Waals surface area contributed by atoms with E-state index >= 15 is 0 Å². The van der Waals surface area contributed by atoms with Crippen molar-refractivity contribution in [1.29, 1.82) is 0 Å². The zero-order valence-electron chi connectivity index (χ0n) is 14.1. The Bertz CT molecular complexity index is 342. The van der Waals surface area contributed by atoms with E-state index in [0.29, 0.717) is 5.56 Å². The van der Waals surface area contributed by atoms with E-state index in [4.69, 9.17) is 5.73 Å². The van der Waals surface area contributed by atoms with E-state index in [1.165, 1.54) is 51.4 Å². The summed E-state index contributed by atoms with van der Waals surface area (Å²) < 4.78 is 0. The van der Waals surface area contributed by atoms with Crippen LogP contribution >= 0.6 is 0 Å². The number of amides is 1. The summed E-state index contributed by atoms with van der Waals surface area (Å²) in [6.45, 7) is 2.37. The van der Waals surface area contributed by atoms with Gasteiger partial charge in [0.15, 0.2) is 0 Å².